The number of hydrogen-bond acceptors (Lipinski definition) is 7. The van der Waals surface area contributed by atoms with E-state index >= 15 is 0 Å². The number of fused-ring (bicyclic) bond motifs is 2. The molecule has 4 aromatic rings. The van der Waals surface area contributed by atoms with E-state index in [0.717, 1.165) is 34.6 Å². The highest BCUT2D eigenvalue weighted by molar-refractivity contribution is 7.88. The number of phenolic OH excluding ortho intramolecular Hbond substituents is 1. The molecule has 0 radical (unpaired) electrons. The van der Waals surface area contributed by atoms with Crippen LogP contribution in [-0.2, 0) is 17.1 Å². The van der Waals surface area contributed by atoms with Crippen molar-refractivity contribution in [2.24, 2.45) is 7.05 Å². The first kappa shape index (κ1) is 20.4. The second-order valence-electron chi connectivity index (χ2n) is 9.07. The summed E-state index contributed by atoms with van der Waals surface area (Å²) in [5, 5.41) is 17.7. The molecule has 33 heavy (non-hydrogen) atoms. The Morgan fingerprint density at radius 1 is 1.09 bits per heavy atom. The van der Waals surface area contributed by atoms with Crippen molar-refractivity contribution in [1.82, 2.24) is 24.1 Å². The fraction of sp³-hybridized carbons (Fsp3) is 0.348. The zero-order valence-electron chi connectivity index (χ0n) is 18.4. The number of rotatable bonds is 3. The lowest BCUT2D eigenvalue weighted by atomic mass is 10.0. The molecule has 170 valence electrons. The quantitative estimate of drug-likeness (QED) is 0.497. The molecular weight excluding hydrogens is 440 g/mol. The molecule has 1 aliphatic carbocycles. The van der Waals surface area contributed by atoms with Crippen LogP contribution in [-0.4, -0.2) is 69.0 Å². The summed E-state index contributed by atoms with van der Waals surface area (Å²) in [6.45, 7) is 1.57. The topological polar surface area (TPSA) is 104 Å². The van der Waals surface area contributed by atoms with E-state index in [4.69, 9.17) is 10.1 Å². The van der Waals surface area contributed by atoms with E-state index in [1.165, 1.54) is 6.26 Å². The number of anilines is 1. The smallest absolute Gasteiger partial charge is 0.227 e. The Labute approximate surface area is 191 Å². The van der Waals surface area contributed by atoms with Gasteiger partial charge in [-0.15, -0.1) is 0 Å². The Hall–Kier alpha value is -3.24. The van der Waals surface area contributed by atoms with Crippen molar-refractivity contribution >= 4 is 37.8 Å². The Kier molecular flexibility index (Phi) is 4.25. The van der Waals surface area contributed by atoms with Gasteiger partial charge >= 0.3 is 0 Å². The maximum Gasteiger partial charge on any atom is 0.227 e. The lowest BCUT2D eigenvalue weighted by Gasteiger charge is -2.40. The van der Waals surface area contributed by atoms with E-state index in [-0.39, 0.29) is 11.3 Å². The summed E-state index contributed by atoms with van der Waals surface area (Å²) in [7, 11) is -1.39. The van der Waals surface area contributed by atoms with Gasteiger partial charge < -0.3 is 10.0 Å². The molecular formula is C23H24N6O3S. The third kappa shape index (κ3) is 3.24. The van der Waals surface area contributed by atoms with E-state index in [1.807, 2.05) is 31.3 Å². The van der Waals surface area contributed by atoms with Gasteiger partial charge in [0.2, 0.25) is 16.0 Å². The monoisotopic (exact) mass is 464 g/mol. The summed E-state index contributed by atoms with van der Waals surface area (Å²) >= 11 is 0. The van der Waals surface area contributed by atoms with Crippen molar-refractivity contribution in [2.75, 3.05) is 30.8 Å². The van der Waals surface area contributed by atoms with Crippen LogP contribution < -0.4 is 4.90 Å². The van der Waals surface area contributed by atoms with Crippen LogP contribution in [0.4, 0.5) is 5.95 Å². The molecule has 2 fully saturated rings. The zero-order valence-corrected chi connectivity index (χ0v) is 19.2. The number of sulfonamides is 1. The second kappa shape index (κ2) is 6.88. The summed E-state index contributed by atoms with van der Waals surface area (Å²) in [5.74, 6) is 0.760. The molecule has 3 heterocycles. The predicted octanol–water partition coefficient (Wildman–Crippen LogP) is 2.50. The summed E-state index contributed by atoms with van der Waals surface area (Å²) in [4.78, 5) is 11.5. The molecule has 0 atom stereocenters. The van der Waals surface area contributed by atoms with Gasteiger partial charge in [-0.25, -0.2) is 18.1 Å². The van der Waals surface area contributed by atoms with Crippen molar-refractivity contribution in [3.8, 4) is 17.0 Å². The first-order valence-corrected chi connectivity index (χ1v) is 12.7. The minimum absolute atomic E-state index is 0.179. The number of phenols is 1. The molecule has 2 aliphatic rings. The van der Waals surface area contributed by atoms with Gasteiger partial charge in [-0.1, -0.05) is 24.3 Å². The molecule has 1 N–H and O–H groups in total. The van der Waals surface area contributed by atoms with Crippen molar-refractivity contribution in [1.29, 1.82) is 0 Å². The molecule has 2 aromatic carbocycles. The molecule has 10 heteroatoms. The number of hydrogen-bond donors (Lipinski definition) is 1. The third-order valence-corrected chi connectivity index (χ3v) is 8.14. The minimum atomic E-state index is -3.24. The summed E-state index contributed by atoms with van der Waals surface area (Å²) < 4.78 is 27.8. The molecule has 0 amide bonds. The Bertz CT molecular complexity index is 1530. The highest BCUT2D eigenvalue weighted by Gasteiger charge is 2.55. The third-order valence-electron chi connectivity index (χ3n) is 6.77. The van der Waals surface area contributed by atoms with E-state index in [9.17, 15) is 13.5 Å². The van der Waals surface area contributed by atoms with Crippen LogP contribution in [0, 0.1) is 0 Å². The molecule has 9 nitrogen and oxygen atoms in total. The number of nitrogens with zero attached hydrogens (tertiary/aromatic N) is 6. The Balaban J connectivity index is 1.41. The average molecular weight is 465 g/mol. The van der Waals surface area contributed by atoms with Crippen molar-refractivity contribution < 1.29 is 13.5 Å². The van der Waals surface area contributed by atoms with Gasteiger partial charge in [-0.2, -0.15) is 14.4 Å². The number of aromatic nitrogens is 4. The van der Waals surface area contributed by atoms with Gasteiger partial charge in [0.25, 0.3) is 0 Å². The highest BCUT2D eigenvalue weighted by atomic mass is 32.2. The van der Waals surface area contributed by atoms with Gasteiger partial charge in [0, 0.05) is 38.4 Å². The van der Waals surface area contributed by atoms with Crippen LogP contribution in [0.1, 0.15) is 12.8 Å². The van der Waals surface area contributed by atoms with Crippen molar-refractivity contribution in [2.45, 2.75) is 18.4 Å². The van der Waals surface area contributed by atoms with Crippen LogP contribution in [0.2, 0.25) is 0 Å². The van der Waals surface area contributed by atoms with E-state index in [2.05, 4.69) is 9.88 Å². The molecule has 1 spiro atoms. The normalized spacial score (nSPS) is 18.4. The molecule has 0 bridgehead atoms. The van der Waals surface area contributed by atoms with Crippen molar-refractivity contribution in [3.05, 3.63) is 42.6 Å². The van der Waals surface area contributed by atoms with E-state index in [0.29, 0.717) is 36.9 Å². The Morgan fingerprint density at radius 3 is 2.64 bits per heavy atom. The number of aryl methyl sites for hydroxylation is 1. The minimum Gasteiger partial charge on any atom is -0.508 e. The number of aromatic hydroxyl groups is 1. The molecule has 1 aliphatic heterocycles. The SMILES string of the molecule is Cn1nc(-c2cc(O)cc3ccccc23)c2cnc(N3CCN(S(C)(=O)=O)C4(CC4)C3)nc21. The van der Waals surface area contributed by atoms with Crippen molar-refractivity contribution in [3.63, 3.8) is 0 Å². The lowest BCUT2D eigenvalue weighted by Crippen LogP contribution is -2.57. The molecule has 1 saturated carbocycles. The van der Waals surface area contributed by atoms with Crippen LogP contribution in [0.5, 0.6) is 5.75 Å². The zero-order chi connectivity index (χ0) is 23.0. The molecule has 6 rings (SSSR count). The lowest BCUT2D eigenvalue weighted by molar-refractivity contribution is 0.271. The summed E-state index contributed by atoms with van der Waals surface area (Å²) in [6, 6.07) is 11.3. The highest BCUT2D eigenvalue weighted by Crippen LogP contribution is 2.46. The average Bonchev–Trinajstić information content (AvgIpc) is 3.45. The fourth-order valence-electron chi connectivity index (χ4n) is 5.07. The summed E-state index contributed by atoms with van der Waals surface area (Å²) in [6.07, 6.45) is 4.79. The van der Waals surface area contributed by atoms with E-state index < -0.39 is 10.0 Å². The summed E-state index contributed by atoms with van der Waals surface area (Å²) in [5.41, 5.74) is 1.90. The van der Waals surface area contributed by atoms with Crippen LogP contribution in [0.15, 0.2) is 42.6 Å². The van der Waals surface area contributed by atoms with Crippen LogP contribution >= 0.6 is 0 Å². The number of benzene rings is 2. The van der Waals surface area contributed by atoms with Gasteiger partial charge in [0.15, 0.2) is 5.65 Å². The van der Waals surface area contributed by atoms with Crippen LogP contribution in [0.3, 0.4) is 0 Å². The largest absolute Gasteiger partial charge is 0.508 e. The number of piperazine rings is 1. The first-order valence-electron chi connectivity index (χ1n) is 10.9. The van der Waals surface area contributed by atoms with Crippen LogP contribution in [0.25, 0.3) is 33.1 Å². The van der Waals surface area contributed by atoms with Gasteiger partial charge in [0.1, 0.15) is 11.4 Å². The van der Waals surface area contributed by atoms with Gasteiger partial charge in [-0.3, -0.25) is 0 Å². The second-order valence-corrected chi connectivity index (χ2v) is 11.0. The first-order chi connectivity index (χ1) is 15.7. The van der Waals surface area contributed by atoms with Gasteiger partial charge in [0.05, 0.1) is 17.2 Å². The van der Waals surface area contributed by atoms with Gasteiger partial charge in [-0.05, 0) is 35.7 Å². The molecule has 2 aromatic heterocycles. The predicted molar refractivity (Wildman–Crippen MR) is 127 cm³/mol. The maximum atomic E-state index is 12.2. The standard InChI is InChI=1S/C23H24N6O3S/c1-27-21-19(20(26-27)18-12-16(30)11-15-5-3-4-6-17(15)18)13-24-22(25-21)28-9-10-29(33(2,31)32)23(14-28)7-8-23/h3-6,11-13,30H,7-10,14H2,1-2H3. The van der Waals surface area contributed by atoms with E-state index in [1.54, 1.807) is 27.3 Å². The fourth-order valence-corrected chi connectivity index (χ4v) is 6.43. The molecule has 1 saturated heterocycles. The maximum absolute atomic E-state index is 12.2. The Morgan fingerprint density at radius 2 is 1.88 bits per heavy atom. The molecule has 0 unspecified atom stereocenters.